The Morgan fingerprint density at radius 2 is 1.78 bits per heavy atom. The molecule has 2 amide bonds. The van der Waals surface area contributed by atoms with Crippen LogP contribution in [0.3, 0.4) is 0 Å². The summed E-state index contributed by atoms with van der Waals surface area (Å²) in [7, 11) is 3.41. The van der Waals surface area contributed by atoms with Gasteiger partial charge in [-0.25, -0.2) is 0 Å². The zero-order valence-corrected chi connectivity index (χ0v) is 16.1. The van der Waals surface area contributed by atoms with Crippen LogP contribution in [0.2, 0.25) is 0 Å². The van der Waals surface area contributed by atoms with Crippen molar-refractivity contribution in [1.82, 2.24) is 4.90 Å². The van der Waals surface area contributed by atoms with Gasteiger partial charge < -0.3 is 20.3 Å². The van der Waals surface area contributed by atoms with Gasteiger partial charge in [0.25, 0.3) is 5.91 Å². The van der Waals surface area contributed by atoms with Gasteiger partial charge in [-0.15, -0.1) is 0 Å². The summed E-state index contributed by atoms with van der Waals surface area (Å²) in [5.74, 6) is 0.547. The third kappa shape index (κ3) is 6.66. The van der Waals surface area contributed by atoms with E-state index < -0.39 is 0 Å². The molecule has 0 saturated heterocycles. The molecule has 2 rings (SSSR count). The summed E-state index contributed by atoms with van der Waals surface area (Å²) in [6.45, 7) is 2.92. The van der Waals surface area contributed by atoms with Gasteiger partial charge in [-0.1, -0.05) is 19.4 Å². The van der Waals surface area contributed by atoms with E-state index >= 15 is 0 Å². The molecule has 0 heterocycles. The molecule has 6 nitrogen and oxygen atoms in total. The molecule has 0 radical (unpaired) electrons. The van der Waals surface area contributed by atoms with Gasteiger partial charge >= 0.3 is 0 Å². The molecular weight excluding hydrogens is 342 g/mol. The van der Waals surface area contributed by atoms with E-state index in [4.69, 9.17) is 4.74 Å². The third-order valence-corrected chi connectivity index (χ3v) is 3.87. The molecule has 0 spiro atoms. The Kier molecular flexibility index (Phi) is 7.67. The van der Waals surface area contributed by atoms with E-state index in [1.54, 1.807) is 32.3 Å². The van der Waals surface area contributed by atoms with Gasteiger partial charge in [0.15, 0.2) is 0 Å². The topological polar surface area (TPSA) is 70.7 Å². The maximum absolute atomic E-state index is 12.1. The van der Waals surface area contributed by atoms with E-state index in [-0.39, 0.29) is 18.4 Å². The fourth-order valence-corrected chi connectivity index (χ4v) is 2.38. The molecule has 0 aliphatic heterocycles. The largest absolute Gasteiger partial charge is 0.494 e. The number of hydrogen-bond acceptors (Lipinski definition) is 4. The first kappa shape index (κ1) is 20.3. The van der Waals surface area contributed by atoms with Gasteiger partial charge in [0.05, 0.1) is 13.2 Å². The maximum Gasteiger partial charge on any atom is 0.253 e. The fourth-order valence-electron chi connectivity index (χ4n) is 2.38. The Bertz CT molecular complexity index is 758. The molecule has 6 heteroatoms. The highest BCUT2D eigenvalue weighted by molar-refractivity contribution is 5.96. The van der Waals surface area contributed by atoms with Crippen LogP contribution in [0.1, 0.15) is 30.1 Å². The van der Waals surface area contributed by atoms with Crippen LogP contribution in [0, 0.1) is 0 Å². The monoisotopic (exact) mass is 369 g/mol. The second-order valence-corrected chi connectivity index (χ2v) is 6.41. The van der Waals surface area contributed by atoms with Crippen LogP contribution >= 0.6 is 0 Å². The Morgan fingerprint density at radius 1 is 1.04 bits per heavy atom. The lowest BCUT2D eigenvalue weighted by Gasteiger charge is -2.12. The van der Waals surface area contributed by atoms with Crippen molar-refractivity contribution in [3.8, 4) is 5.75 Å². The molecule has 0 saturated carbocycles. The van der Waals surface area contributed by atoms with E-state index in [0.29, 0.717) is 17.9 Å². The minimum Gasteiger partial charge on any atom is -0.494 e. The standard InChI is InChI=1S/C21H27N3O3/c1-4-5-13-27-19-11-9-17(10-12-19)23-20(25)15-22-18-8-6-7-16(14-18)21(26)24(2)3/h6-12,14,22H,4-5,13,15H2,1-3H3,(H,23,25). The first-order chi connectivity index (χ1) is 13.0. The van der Waals surface area contributed by atoms with Crippen molar-refractivity contribution in [3.05, 3.63) is 54.1 Å². The van der Waals surface area contributed by atoms with Crippen molar-refractivity contribution in [2.45, 2.75) is 19.8 Å². The highest BCUT2D eigenvalue weighted by Crippen LogP contribution is 2.16. The molecule has 2 N–H and O–H groups in total. The van der Waals surface area contributed by atoms with E-state index in [0.717, 1.165) is 24.3 Å². The minimum atomic E-state index is -0.168. The Labute approximate surface area is 160 Å². The lowest BCUT2D eigenvalue weighted by Crippen LogP contribution is -2.23. The second kappa shape index (κ2) is 10.2. The quantitative estimate of drug-likeness (QED) is 0.663. The summed E-state index contributed by atoms with van der Waals surface area (Å²) in [6.07, 6.45) is 2.11. The van der Waals surface area contributed by atoms with Crippen molar-refractivity contribution in [2.75, 3.05) is 37.9 Å². The predicted octanol–water partition coefficient (Wildman–Crippen LogP) is 3.62. The summed E-state index contributed by atoms with van der Waals surface area (Å²) in [6, 6.07) is 14.4. The van der Waals surface area contributed by atoms with Gasteiger partial charge in [-0.05, 0) is 48.9 Å². The Morgan fingerprint density at radius 3 is 2.44 bits per heavy atom. The number of nitrogens with one attached hydrogen (secondary N) is 2. The molecule has 0 aliphatic rings. The normalized spacial score (nSPS) is 10.2. The summed E-state index contributed by atoms with van der Waals surface area (Å²) < 4.78 is 5.60. The number of ether oxygens (including phenoxy) is 1. The lowest BCUT2D eigenvalue weighted by atomic mass is 10.2. The highest BCUT2D eigenvalue weighted by atomic mass is 16.5. The molecular formula is C21H27N3O3. The molecule has 144 valence electrons. The number of anilines is 2. The van der Waals surface area contributed by atoms with Crippen LogP contribution in [0.25, 0.3) is 0 Å². The fraction of sp³-hybridized carbons (Fsp3) is 0.333. The van der Waals surface area contributed by atoms with Crippen molar-refractivity contribution in [2.24, 2.45) is 0 Å². The lowest BCUT2D eigenvalue weighted by molar-refractivity contribution is -0.114. The van der Waals surface area contributed by atoms with Crippen molar-refractivity contribution < 1.29 is 14.3 Å². The smallest absolute Gasteiger partial charge is 0.253 e. The summed E-state index contributed by atoms with van der Waals surface area (Å²) in [5, 5.41) is 5.87. The van der Waals surface area contributed by atoms with Crippen molar-refractivity contribution in [1.29, 1.82) is 0 Å². The Hall–Kier alpha value is -3.02. The highest BCUT2D eigenvalue weighted by Gasteiger charge is 2.09. The number of rotatable bonds is 9. The van der Waals surface area contributed by atoms with Gasteiger partial charge in [0.2, 0.25) is 5.91 Å². The molecule has 2 aromatic rings. The molecule has 0 atom stereocenters. The van der Waals surface area contributed by atoms with Gasteiger partial charge in [0, 0.05) is 31.0 Å². The van der Waals surface area contributed by atoms with Gasteiger partial charge in [-0.2, -0.15) is 0 Å². The van der Waals surface area contributed by atoms with Crippen LogP contribution in [-0.2, 0) is 4.79 Å². The zero-order valence-electron chi connectivity index (χ0n) is 16.1. The van der Waals surface area contributed by atoms with E-state index in [1.807, 2.05) is 30.3 Å². The van der Waals surface area contributed by atoms with Crippen LogP contribution in [0.15, 0.2) is 48.5 Å². The van der Waals surface area contributed by atoms with E-state index in [2.05, 4.69) is 17.6 Å². The third-order valence-electron chi connectivity index (χ3n) is 3.87. The Balaban J connectivity index is 1.84. The van der Waals surface area contributed by atoms with Crippen LogP contribution in [0.5, 0.6) is 5.75 Å². The first-order valence-corrected chi connectivity index (χ1v) is 9.08. The van der Waals surface area contributed by atoms with Crippen molar-refractivity contribution in [3.63, 3.8) is 0 Å². The number of benzene rings is 2. The summed E-state index contributed by atoms with van der Waals surface area (Å²) in [4.78, 5) is 25.6. The zero-order chi connectivity index (χ0) is 19.6. The second-order valence-electron chi connectivity index (χ2n) is 6.41. The number of carbonyl (C=O) groups excluding carboxylic acids is 2. The molecule has 0 bridgehead atoms. The first-order valence-electron chi connectivity index (χ1n) is 9.08. The molecule has 0 aromatic heterocycles. The molecule has 2 aromatic carbocycles. The molecule has 27 heavy (non-hydrogen) atoms. The van der Waals surface area contributed by atoms with Gasteiger partial charge in [-0.3, -0.25) is 9.59 Å². The van der Waals surface area contributed by atoms with Crippen LogP contribution in [-0.4, -0.2) is 44.0 Å². The van der Waals surface area contributed by atoms with Gasteiger partial charge in [0.1, 0.15) is 5.75 Å². The number of hydrogen-bond donors (Lipinski definition) is 2. The molecule has 0 aliphatic carbocycles. The van der Waals surface area contributed by atoms with E-state index in [9.17, 15) is 9.59 Å². The summed E-state index contributed by atoms with van der Waals surface area (Å²) in [5.41, 5.74) is 2.00. The SMILES string of the molecule is CCCCOc1ccc(NC(=O)CNc2cccc(C(=O)N(C)C)c2)cc1. The average Bonchev–Trinajstić information content (AvgIpc) is 2.67. The average molecular weight is 369 g/mol. The predicted molar refractivity (Wildman–Crippen MR) is 108 cm³/mol. The van der Waals surface area contributed by atoms with Crippen molar-refractivity contribution >= 4 is 23.2 Å². The van der Waals surface area contributed by atoms with Crippen LogP contribution < -0.4 is 15.4 Å². The number of carbonyl (C=O) groups is 2. The van der Waals surface area contributed by atoms with Crippen LogP contribution in [0.4, 0.5) is 11.4 Å². The van der Waals surface area contributed by atoms with E-state index in [1.165, 1.54) is 4.90 Å². The minimum absolute atomic E-state index is 0.0793. The number of unbranched alkanes of at least 4 members (excludes halogenated alkanes) is 1. The number of amides is 2. The maximum atomic E-state index is 12.1. The molecule has 0 unspecified atom stereocenters. The number of nitrogens with zero attached hydrogens (tertiary/aromatic N) is 1. The molecule has 0 fully saturated rings. The summed E-state index contributed by atoms with van der Waals surface area (Å²) >= 11 is 0.